The quantitative estimate of drug-likeness (QED) is 0.783. The van der Waals surface area contributed by atoms with Gasteiger partial charge >= 0.3 is 5.97 Å². The van der Waals surface area contributed by atoms with Crippen LogP contribution in [-0.2, 0) is 0 Å². The Labute approximate surface area is 117 Å². The summed E-state index contributed by atoms with van der Waals surface area (Å²) in [4.78, 5) is 27.2. The zero-order valence-electron chi connectivity index (χ0n) is 10.5. The van der Waals surface area contributed by atoms with Crippen LogP contribution in [0, 0.1) is 6.92 Å². The molecule has 0 bridgehead atoms. The average molecular weight is 293 g/mol. The van der Waals surface area contributed by atoms with E-state index in [2.05, 4.69) is 24.9 Å². The second kappa shape index (κ2) is 4.67. The molecule has 2 aromatic heterocycles. The highest BCUT2D eigenvalue weighted by molar-refractivity contribution is 7.11. The summed E-state index contributed by atoms with van der Waals surface area (Å²) < 4.78 is 3.93. The van der Waals surface area contributed by atoms with Gasteiger partial charge in [-0.3, -0.25) is 9.89 Å². The highest BCUT2D eigenvalue weighted by Crippen LogP contribution is 2.37. The summed E-state index contributed by atoms with van der Waals surface area (Å²) in [6.45, 7) is 1.58. The van der Waals surface area contributed by atoms with Crippen LogP contribution >= 0.6 is 11.5 Å². The molecule has 104 valence electrons. The summed E-state index contributed by atoms with van der Waals surface area (Å²) in [6.07, 6.45) is 2.10. The van der Waals surface area contributed by atoms with Gasteiger partial charge in [-0.2, -0.15) is 4.37 Å². The number of aromatic amines is 1. The van der Waals surface area contributed by atoms with E-state index in [9.17, 15) is 9.59 Å². The molecular formula is C11H11N5O3S. The third-order valence-electron chi connectivity index (χ3n) is 2.97. The first-order valence-corrected chi connectivity index (χ1v) is 6.77. The van der Waals surface area contributed by atoms with E-state index in [4.69, 9.17) is 5.11 Å². The zero-order valence-corrected chi connectivity index (χ0v) is 11.3. The molecule has 1 saturated carbocycles. The molecule has 3 rings (SSSR count). The molecule has 0 atom stereocenters. The monoisotopic (exact) mass is 293 g/mol. The Morgan fingerprint density at radius 2 is 2.20 bits per heavy atom. The second-order valence-corrected chi connectivity index (χ2v) is 5.32. The number of rotatable bonds is 4. The Hall–Kier alpha value is -2.29. The molecule has 20 heavy (non-hydrogen) atoms. The molecule has 0 aromatic carbocycles. The fraction of sp³-hybridized carbons (Fsp3) is 0.364. The number of amides is 1. The van der Waals surface area contributed by atoms with Crippen molar-refractivity contribution in [3.8, 4) is 0 Å². The van der Waals surface area contributed by atoms with Gasteiger partial charge in [0.25, 0.3) is 5.91 Å². The van der Waals surface area contributed by atoms with Crippen molar-refractivity contribution in [1.82, 2.24) is 19.6 Å². The predicted octanol–water partition coefficient (Wildman–Crippen LogP) is 1.40. The van der Waals surface area contributed by atoms with E-state index in [1.54, 1.807) is 6.92 Å². The standard InChI is InChI=1S/C11H11N5O3S/c1-4-6(11(18)19)10(20-16-4)13-9(17)8-12-7(14-15-8)5-2-3-5/h5H,2-3H2,1H3,(H,13,17)(H,18,19)(H,12,14,15). The number of carbonyl (C=O) groups is 2. The number of nitrogens with one attached hydrogen (secondary N) is 2. The van der Waals surface area contributed by atoms with Crippen LogP contribution in [0.1, 0.15) is 51.3 Å². The first-order valence-electron chi connectivity index (χ1n) is 5.99. The zero-order chi connectivity index (χ0) is 14.3. The Morgan fingerprint density at radius 3 is 2.85 bits per heavy atom. The predicted molar refractivity (Wildman–Crippen MR) is 70.1 cm³/mol. The molecule has 0 unspecified atom stereocenters. The number of anilines is 1. The van der Waals surface area contributed by atoms with Gasteiger partial charge in [0.1, 0.15) is 16.4 Å². The molecule has 0 spiro atoms. The van der Waals surface area contributed by atoms with Gasteiger partial charge in [-0.15, -0.1) is 5.10 Å². The van der Waals surface area contributed by atoms with Gasteiger partial charge in [0.15, 0.2) is 0 Å². The molecule has 8 nitrogen and oxygen atoms in total. The number of aryl methyl sites for hydroxylation is 1. The van der Waals surface area contributed by atoms with Crippen molar-refractivity contribution in [2.75, 3.05) is 5.32 Å². The maximum Gasteiger partial charge on any atom is 0.340 e. The Bertz CT molecular complexity index is 688. The van der Waals surface area contributed by atoms with Crippen LogP contribution in [-0.4, -0.2) is 36.5 Å². The van der Waals surface area contributed by atoms with Gasteiger partial charge in [-0.1, -0.05) is 0 Å². The minimum Gasteiger partial charge on any atom is -0.478 e. The van der Waals surface area contributed by atoms with Gasteiger partial charge < -0.3 is 10.4 Å². The van der Waals surface area contributed by atoms with Crippen molar-refractivity contribution in [2.45, 2.75) is 25.7 Å². The maximum atomic E-state index is 12.0. The van der Waals surface area contributed by atoms with Gasteiger partial charge in [0, 0.05) is 5.92 Å². The van der Waals surface area contributed by atoms with E-state index >= 15 is 0 Å². The Kier molecular flexibility index (Phi) is 2.97. The molecule has 1 aliphatic carbocycles. The third-order valence-corrected chi connectivity index (χ3v) is 3.83. The highest BCUT2D eigenvalue weighted by Gasteiger charge is 2.28. The molecule has 3 N–H and O–H groups in total. The molecule has 2 heterocycles. The summed E-state index contributed by atoms with van der Waals surface area (Å²) in [5.74, 6) is -0.591. The maximum absolute atomic E-state index is 12.0. The number of carboxylic acids is 1. The second-order valence-electron chi connectivity index (χ2n) is 4.55. The van der Waals surface area contributed by atoms with Crippen molar-refractivity contribution in [2.24, 2.45) is 0 Å². The first kappa shape index (κ1) is 12.7. The summed E-state index contributed by atoms with van der Waals surface area (Å²) in [7, 11) is 0. The number of nitrogens with zero attached hydrogens (tertiary/aromatic N) is 3. The van der Waals surface area contributed by atoms with Crippen LogP contribution in [0.25, 0.3) is 0 Å². The van der Waals surface area contributed by atoms with E-state index in [0.717, 1.165) is 24.4 Å². The fourth-order valence-electron chi connectivity index (χ4n) is 1.78. The topological polar surface area (TPSA) is 121 Å². The highest BCUT2D eigenvalue weighted by atomic mass is 32.1. The van der Waals surface area contributed by atoms with E-state index in [0.29, 0.717) is 17.4 Å². The van der Waals surface area contributed by atoms with Crippen molar-refractivity contribution >= 4 is 28.4 Å². The summed E-state index contributed by atoms with van der Waals surface area (Å²) in [5, 5.41) is 18.3. The van der Waals surface area contributed by atoms with E-state index in [-0.39, 0.29) is 16.4 Å². The molecule has 1 aliphatic rings. The molecule has 0 radical (unpaired) electrons. The number of hydrogen-bond donors (Lipinski definition) is 3. The number of aromatic carboxylic acids is 1. The van der Waals surface area contributed by atoms with Crippen LogP contribution in [0.3, 0.4) is 0 Å². The number of H-pyrrole nitrogens is 1. The largest absolute Gasteiger partial charge is 0.478 e. The van der Waals surface area contributed by atoms with E-state index in [1.807, 2.05) is 0 Å². The van der Waals surface area contributed by atoms with Crippen molar-refractivity contribution in [3.05, 3.63) is 22.9 Å². The Morgan fingerprint density at radius 1 is 1.45 bits per heavy atom. The third kappa shape index (κ3) is 2.27. The lowest BCUT2D eigenvalue weighted by molar-refractivity contribution is 0.0697. The molecule has 9 heteroatoms. The smallest absolute Gasteiger partial charge is 0.340 e. The van der Waals surface area contributed by atoms with E-state index in [1.165, 1.54) is 0 Å². The number of carboxylic acid groups (broad SMARTS) is 1. The molecule has 0 saturated heterocycles. The van der Waals surface area contributed by atoms with Crippen molar-refractivity contribution in [1.29, 1.82) is 0 Å². The van der Waals surface area contributed by atoms with Crippen LogP contribution in [0.5, 0.6) is 0 Å². The molecule has 2 aromatic rings. The minimum atomic E-state index is -1.12. The number of carbonyl (C=O) groups excluding carboxylic acids is 1. The summed E-state index contributed by atoms with van der Waals surface area (Å²) >= 11 is 0.924. The van der Waals surface area contributed by atoms with Crippen LogP contribution < -0.4 is 5.32 Å². The molecule has 1 fully saturated rings. The van der Waals surface area contributed by atoms with E-state index < -0.39 is 11.9 Å². The van der Waals surface area contributed by atoms with Crippen molar-refractivity contribution < 1.29 is 14.7 Å². The minimum absolute atomic E-state index is 0.00121. The average Bonchev–Trinajstić information content (AvgIpc) is 3.00. The van der Waals surface area contributed by atoms with Crippen LogP contribution in [0.4, 0.5) is 5.00 Å². The van der Waals surface area contributed by atoms with Gasteiger partial charge in [-0.05, 0) is 31.3 Å². The molecule has 0 aliphatic heterocycles. The molecular weight excluding hydrogens is 282 g/mol. The fourth-order valence-corrected chi connectivity index (χ4v) is 2.57. The summed E-state index contributed by atoms with van der Waals surface area (Å²) in [5.41, 5.74) is 0.368. The number of hydrogen-bond acceptors (Lipinski definition) is 6. The van der Waals surface area contributed by atoms with Gasteiger partial charge in [-0.25, -0.2) is 9.78 Å². The lowest BCUT2D eigenvalue weighted by Crippen LogP contribution is -2.15. The first-order chi connectivity index (χ1) is 9.56. The Balaban J connectivity index is 1.79. The lowest BCUT2D eigenvalue weighted by Gasteiger charge is -2.00. The number of aromatic nitrogens is 4. The van der Waals surface area contributed by atoms with Gasteiger partial charge in [0.2, 0.25) is 5.82 Å². The normalized spacial score (nSPS) is 14.2. The van der Waals surface area contributed by atoms with Crippen LogP contribution in [0.2, 0.25) is 0 Å². The SMILES string of the molecule is Cc1nsc(NC(=O)c2n[nH]c(C3CC3)n2)c1C(=O)O. The van der Waals surface area contributed by atoms with Gasteiger partial charge in [0.05, 0.1) is 5.69 Å². The van der Waals surface area contributed by atoms with Crippen LogP contribution in [0.15, 0.2) is 0 Å². The molecule has 1 amide bonds. The lowest BCUT2D eigenvalue weighted by atomic mass is 10.2. The van der Waals surface area contributed by atoms with Crippen molar-refractivity contribution in [3.63, 3.8) is 0 Å². The summed E-state index contributed by atoms with van der Waals surface area (Å²) in [6, 6.07) is 0.